The van der Waals surface area contributed by atoms with Gasteiger partial charge in [-0.05, 0) is 31.2 Å². The van der Waals surface area contributed by atoms with Crippen molar-refractivity contribution in [1.29, 1.82) is 0 Å². The van der Waals surface area contributed by atoms with Crippen molar-refractivity contribution in [1.82, 2.24) is 10.3 Å². The van der Waals surface area contributed by atoms with E-state index in [2.05, 4.69) is 17.2 Å². The molecule has 166 valence electrons. The summed E-state index contributed by atoms with van der Waals surface area (Å²) in [4.78, 5) is 3.60. The third-order valence-corrected chi connectivity index (χ3v) is 4.61. The van der Waals surface area contributed by atoms with Crippen LogP contribution in [0.1, 0.15) is 55.5 Å². The standard InChI is InChI=1S/C21H24F6N2O/c1-2-3-4-5-12-28-13-18(30)16-10-11-17(29-19(16)21(25,26)27)14-6-8-15(9-7-14)20(22,23)24/h6-11,18,28,30H,2-5,12-13H2,1H3/t18-/m0/s1. The van der Waals surface area contributed by atoms with Gasteiger partial charge in [-0.15, -0.1) is 0 Å². The second-order valence-corrected chi connectivity index (χ2v) is 6.99. The first-order valence-electron chi connectivity index (χ1n) is 9.68. The van der Waals surface area contributed by atoms with Crippen LogP contribution in [0.2, 0.25) is 0 Å². The van der Waals surface area contributed by atoms with E-state index in [0.717, 1.165) is 56.0 Å². The van der Waals surface area contributed by atoms with Gasteiger partial charge in [-0.25, -0.2) is 4.98 Å². The molecule has 0 aliphatic rings. The lowest BCUT2D eigenvalue weighted by Crippen LogP contribution is -2.25. The maximum atomic E-state index is 13.5. The number of alkyl halides is 6. The summed E-state index contributed by atoms with van der Waals surface area (Å²) in [6.45, 7) is 2.59. The number of hydrogen-bond donors (Lipinski definition) is 2. The summed E-state index contributed by atoms with van der Waals surface area (Å²) in [6.07, 6.45) is -6.79. The molecule has 1 atom stereocenters. The lowest BCUT2D eigenvalue weighted by atomic mass is 10.0. The summed E-state index contributed by atoms with van der Waals surface area (Å²) in [5, 5.41) is 13.2. The van der Waals surface area contributed by atoms with Crippen molar-refractivity contribution in [2.24, 2.45) is 0 Å². The van der Waals surface area contributed by atoms with Crippen molar-refractivity contribution in [2.45, 2.75) is 51.1 Å². The van der Waals surface area contributed by atoms with Crippen LogP contribution in [-0.2, 0) is 12.4 Å². The molecule has 3 nitrogen and oxygen atoms in total. The van der Waals surface area contributed by atoms with Crippen molar-refractivity contribution in [3.63, 3.8) is 0 Å². The normalized spacial score (nSPS) is 13.5. The zero-order valence-corrected chi connectivity index (χ0v) is 16.4. The van der Waals surface area contributed by atoms with Gasteiger partial charge in [0.25, 0.3) is 0 Å². The monoisotopic (exact) mass is 434 g/mol. The van der Waals surface area contributed by atoms with E-state index in [1.54, 1.807) is 0 Å². The Kier molecular flexibility index (Phi) is 8.25. The van der Waals surface area contributed by atoms with Crippen LogP contribution in [0.15, 0.2) is 36.4 Å². The highest BCUT2D eigenvalue weighted by atomic mass is 19.4. The molecule has 0 saturated carbocycles. The zero-order valence-electron chi connectivity index (χ0n) is 16.4. The number of nitrogens with zero attached hydrogens (tertiary/aromatic N) is 1. The smallest absolute Gasteiger partial charge is 0.387 e. The lowest BCUT2D eigenvalue weighted by molar-refractivity contribution is -0.142. The molecule has 9 heteroatoms. The Labute approximate surface area is 171 Å². The highest BCUT2D eigenvalue weighted by molar-refractivity contribution is 5.60. The van der Waals surface area contributed by atoms with E-state index in [9.17, 15) is 31.4 Å². The van der Waals surface area contributed by atoms with Crippen molar-refractivity contribution in [2.75, 3.05) is 13.1 Å². The van der Waals surface area contributed by atoms with Gasteiger partial charge in [0.05, 0.1) is 17.4 Å². The first kappa shape index (κ1) is 24.1. The molecule has 30 heavy (non-hydrogen) atoms. The summed E-state index contributed by atoms with van der Waals surface area (Å²) in [5.41, 5.74) is -2.54. The molecular weight excluding hydrogens is 410 g/mol. The van der Waals surface area contributed by atoms with Crippen LogP contribution in [0.5, 0.6) is 0 Å². The van der Waals surface area contributed by atoms with Gasteiger partial charge in [0.1, 0.15) is 0 Å². The molecule has 0 spiro atoms. The summed E-state index contributed by atoms with van der Waals surface area (Å²) in [6, 6.07) is 6.09. The average molecular weight is 434 g/mol. The van der Waals surface area contributed by atoms with Crippen LogP contribution in [0.25, 0.3) is 11.3 Å². The quantitative estimate of drug-likeness (QED) is 0.376. The Morgan fingerprint density at radius 1 is 0.900 bits per heavy atom. The summed E-state index contributed by atoms with van der Waals surface area (Å²) >= 11 is 0. The Morgan fingerprint density at radius 2 is 1.57 bits per heavy atom. The Hall–Kier alpha value is -2.13. The largest absolute Gasteiger partial charge is 0.433 e. The number of nitrogens with one attached hydrogen (secondary N) is 1. The second kappa shape index (κ2) is 10.3. The molecule has 2 aromatic rings. The number of aliphatic hydroxyl groups excluding tert-OH is 1. The molecule has 1 aromatic heterocycles. The fourth-order valence-corrected chi connectivity index (χ4v) is 2.98. The summed E-state index contributed by atoms with van der Waals surface area (Å²) in [7, 11) is 0. The number of benzene rings is 1. The number of unbranched alkanes of at least 4 members (excludes halogenated alkanes) is 3. The SMILES string of the molecule is CCCCCCNC[C@H](O)c1ccc(-c2ccc(C(F)(F)F)cc2)nc1C(F)(F)F. The van der Waals surface area contributed by atoms with Crippen LogP contribution in [0.4, 0.5) is 26.3 Å². The molecule has 0 unspecified atom stereocenters. The second-order valence-electron chi connectivity index (χ2n) is 6.99. The molecule has 0 bridgehead atoms. The maximum Gasteiger partial charge on any atom is 0.433 e. The van der Waals surface area contributed by atoms with Crippen LogP contribution in [0.3, 0.4) is 0 Å². The molecular formula is C21H24F6N2O. The summed E-state index contributed by atoms with van der Waals surface area (Å²) in [5.74, 6) is 0. The predicted octanol–water partition coefficient (Wildman–Crippen LogP) is 5.99. The predicted molar refractivity (Wildman–Crippen MR) is 102 cm³/mol. The fraction of sp³-hybridized carbons (Fsp3) is 0.476. The first-order chi connectivity index (χ1) is 14.0. The molecule has 0 amide bonds. The van der Waals surface area contributed by atoms with E-state index in [4.69, 9.17) is 0 Å². The van der Waals surface area contributed by atoms with Crippen molar-refractivity contribution in [3.8, 4) is 11.3 Å². The van der Waals surface area contributed by atoms with Gasteiger partial charge in [-0.1, -0.05) is 44.4 Å². The van der Waals surface area contributed by atoms with Gasteiger partial charge in [-0.2, -0.15) is 26.3 Å². The molecule has 1 aromatic carbocycles. The average Bonchev–Trinajstić information content (AvgIpc) is 2.69. The number of aliphatic hydroxyl groups is 1. The fourth-order valence-electron chi connectivity index (χ4n) is 2.98. The van der Waals surface area contributed by atoms with Crippen molar-refractivity contribution < 1.29 is 31.4 Å². The number of hydrogen-bond acceptors (Lipinski definition) is 3. The third-order valence-electron chi connectivity index (χ3n) is 4.61. The van der Waals surface area contributed by atoms with Crippen LogP contribution >= 0.6 is 0 Å². The lowest BCUT2D eigenvalue weighted by Gasteiger charge is -2.18. The topological polar surface area (TPSA) is 45.1 Å². The van der Waals surface area contributed by atoms with Gasteiger partial charge in [-0.3, -0.25) is 0 Å². The van der Waals surface area contributed by atoms with E-state index in [-0.39, 0.29) is 23.4 Å². The Balaban J connectivity index is 2.19. The number of rotatable bonds is 9. The number of aromatic nitrogens is 1. The highest BCUT2D eigenvalue weighted by Gasteiger charge is 2.37. The van der Waals surface area contributed by atoms with E-state index in [0.29, 0.717) is 6.54 Å². The van der Waals surface area contributed by atoms with E-state index in [1.165, 1.54) is 6.07 Å². The maximum absolute atomic E-state index is 13.5. The molecule has 0 saturated heterocycles. The van der Waals surface area contributed by atoms with Crippen LogP contribution in [0, 0.1) is 0 Å². The van der Waals surface area contributed by atoms with E-state index < -0.39 is 29.7 Å². The molecule has 0 fully saturated rings. The third kappa shape index (κ3) is 6.70. The van der Waals surface area contributed by atoms with Gasteiger partial charge in [0.2, 0.25) is 0 Å². The molecule has 0 radical (unpaired) electrons. The Bertz CT molecular complexity index is 803. The molecule has 0 aliphatic heterocycles. The number of halogens is 6. The molecule has 2 rings (SSSR count). The summed E-state index contributed by atoms with van der Waals surface area (Å²) < 4.78 is 78.6. The Morgan fingerprint density at radius 3 is 2.13 bits per heavy atom. The van der Waals surface area contributed by atoms with Crippen molar-refractivity contribution in [3.05, 3.63) is 53.2 Å². The minimum absolute atomic E-state index is 0.0590. The number of pyridine rings is 1. The minimum Gasteiger partial charge on any atom is -0.387 e. The van der Waals surface area contributed by atoms with Gasteiger partial charge < -0.3 is 10.4 Å². The van der Waals surface area contributed by atoms with Gasteiger partial charge >= 0.3 is 12.4 Å². The van der Waals surface area contributed by atoms with Crippen LogP contribution < -0.4 is 5.32 Å². The van der Waals surface area contributed by atoms with Crippen molar-refractivity contribution >= 4 is 0 Å². The molecule has 0 aliphatic carbocycles. The van der Waals surface area contributed by atoms with E-state index >= 15 is 0 Å². The first-order valence-corrected chi connectivity index (χ1v) is 9.68. The molecule has 2 N–H and O–H groups in total. The highest BCUT2D eigenvalue weighted by Crippen LogP contribution is 2.36. The zero-order chi connectivity index (χ0) is 22.4. The minimum atomic E-state index is -4.82. The van der Waals surface area contributed by atoms with Gasteiger partial charge in [0.15, 0.2) is 5.69 Å². The van der Waals surface area contributed by atoms with E-state index in [1.807, 2.05) is 0 Å². The van der Waals surface area contributed by atoms with Crippen LogP contribution in [-0.4, -0.2) is 23.2 Å². The molecule has 1 heterocycles. The van der Waals surface area contributed by atoms with Gasteiger partial charge in [0, 0.05) is 17.7 Å².